The lowest BCUT2D eigenvalue weighted by Crippen LogP contribution is -2.36. The number of fused-ring (bicyclic) bond motifs is 4. The third kappa shape index (κ3) is 6.74. The van der Waals surface area contributed by atoms with Gasteiger partial charge in [-0.05, 0) is 42.1 Å². The van der Waals surface area contributed by atoms with Crippen LogP contribution in [0.15, 0.2) is 64.5 Å². The highest BCUT2D eigenvalue weighted by molar-refractivity contribution is 8.03. The summed E-state index contributed by atoms with van der Waals surface area (Å²) in [6.07, 6.45) is 2.57. The standard InChI is InChI=1S/C25H23ClN2O7S4/c26-18-8-10-21-20(15-18)27(11-3-13-35-39(32,33)34)23(36-21)16-24-28(12-4-14-38(29,30)31)25-19-6-2-1-5-17(19)7-9-22(25)37-24/h1-2,5-10,15-16H,3-4,11-14H2,(H-,29,30,31,32,33,34)/p+1. The van der Waals surface area contributed by atoms with Crippen molar-refractivity contribution in [1.29, 1.82) is 0 Å². The van der Waals surface area contributed by atoms with Crippen molar-refractivity contribution in [3.63, 3.8) is 0 Å². The van der Waals surface area contributed by atoms with E-state index in [0.29, 0.717) is 24.5 Å². The lowest BCUT2D eigenvalue weighted by molar-refractivity contribution is -0.667. The number of benzene rings is 3. The minimum atomic E-state index is -4.53. The molecule has 0 aliphatic carbocycles. The molecule has 1 aromatic heterocycles. The number of hydrogen-bond acceptors (Lipinski definition) is 8. The van der Waals surface area contributed by atoms with Crippen molar-refractivity contribution in [3.05, 3.63) is 69.7 Å². The summed E-state index contributed by atoms with van der Waals surface area (Å²) in [6, 6.07) is 17.6. The molecule has 0 spiro atoms. The largest absolute Gasteiger partial charge is 0.397 e. The van der Waals surface area contributed by atoms with Crippen LogP contribution < -0.4 is 9.47 Å². The van der Waals surface area contributed by atoms with Gasteiger partial charge in [-0.3, -0.25) is 9.11 Å². The summed E-state index contributed by atoms with van der Waals surface area (Å²) in [7, 11) is -8.63. The summed E-state index contributed by atoms with van der Waals surface area (Å²) in [5.41, 5.74) is 1.85. The molecule has 9 nitrogen and oxygen atoms in total. The van der Waals surface area contributed by atoms with Crippen LogP contribution in [-0.4, -0.2) is 44.8 Å². The molecule has 0 saturated carbocycles. The van der Waals surface area contributed by atoms with Crippen molar-refractivity contribution in [2.24, 2.45) is 0 Å². The monoisotopic (exact) mass is 627 g/mol. The molecular weight excluding hydrogens is 604 g/mol. The maximum absolute atomic E-state index is 11.4. The molecule has 0 atom stereocenters. The smallest absolute Gasteiger partial charge is 0.335 e. The molecule has 0 fully saturated rings. The molecule has 3 aromatic carbocycles. The Morgan fingerprint density at radius 2 is 1.82 bits per heavy atom. The van der Waals surface area contributed by atoms with Gasteiger partial charge in [0.1, 0.15) is 4.70 Å². The maximum atomic E-state index is 11.4. The van der Waals surface area contributed by atoms with E-state index in [1.54, 1.807) is 17.4 Å². The van der Waals surface area contributed by atoms with Gasteiger partial charge in [-0.1, -0.05) is 59.0 Å². The molecule has 4 aromatic rings. The van der Waals surface area contributed by atoms with Crippen LogP contribution in [0, 0.1) is 0 Å². The number of thioether (sulfide) groups is 1. The summed E-state index contributed by atoms with van der Waals surface area (Å²) in [5.74, 6) is -0.350. The van der Waals surface area contributed by atoms with Gasteiger partial charge in [0.05, 0.1) is 34.5 Å². The molecule has 39 heavy (non-hydrogen) atoms. The Morgan fingerprint density at radius 1 is 1.03 bits per heavy atom. The molecule has 1 aliphatic heterocycles. The first-order chi connectivity index (χ1) is 18.5. The van der Waals surface area contributed by atoms with Crippen molar-refractivity contribution < 1.29 is 34.7 Å². The van der Waals surface area contributed by atoms with Gasteiger partial charge in [-0.15, -0.1) is 0 Å². The van der Waals surface area contributed by atoms with Gasteiger partial charge < -0.3 is 4.90 Å². The quantitative estimate of drug-likeness (QED) is 0.135. The van der Waals surface area contributed by atoms with Gasteiger partial charge >= 0.3 is 10.4 Å². The molecule has 206 valence electrons. The number of halogens is 1. The topological polar surface area (TPSA) is 125 Å². The van der Waals surface area contributed by atoms with E-state index in [9.17, 15) is 21.4 Å². The van der Waals surface area contributed by atoms with Crippen molar-refractivity contribution >= 4 is 88.0 Å². The van der Waals surface area contributed by atoms with Crippen LogP contribution in [0.3, 0.4) is 0 Å². The highest BCUT2D eigenvalue weighted by atomic mass is 35.5. The highest BCUT2D eigenvalue weighted by Crippen LogP contribution is 2.48. The Bertz CT molecular complexity index is 1800. The predicted molar refractivity (Wildman–Crippen MR) is 155 cm³/mol. The lowest BCUT2D eigenvalue weighted by atomic mass is 10.1. The number of rotatable bonds is 10. The van der Waals surface area contributed by atoms with E-state index >= 15 is 0 Å². The average molecular weight is 628 g/mol. The van der Waals surface area contributed by atoms with Crippen molar-refractivity contribution in [3.8, 4) is 0 Å². The van der Waals surface area contributed by atoms with Gasteiger partial charge in [-0.25, -0.2) is 4.18 Å². The molecule has 0 radical (unpaired) electrons. The fraction of sp³-hybridized carbons (Fsp3) is 0.240. The van der Waals surface area contributed by atoms with E-state index in [1.807, 2.05) is 53.4 Å². The van der Waals surface area contributed by atoms with E-state index in [-0.39, 0.29) is 18.8 Å². The second-order valence-electron chi connectivity index (χ2n) is 8.82. The zero-order valence-corrected chi connectivity index (χ0v) is 24.4. The molecule has 2 N–H and O–H groups in total. The summed E-state index contributed by atoms with van der Waals surface area (Å²) in [4.78, 5) is 3.00. The minimum absolute atomic E-state index is 0.187. The molecule has 1 aliphatic rings. The Balaban J connectivity index is 1.56. The lowest BCUT2D eigenvalue weighted by Gasteiger charge is -2.20. The highest BCUT2D eigenvalue weighted by Gasteiger charge is 2.29. The first kappa shape index (κ1) is 28.3. The third-order valence-electron chi connectivity index (χ3n) is 6.10. The normalized spacial score (nSPS) is 15.1. The number of aromatic nitrogens is 1. The molecule has 5 rings (SSSR count). The van der Waals surface area contributed by atoms with Gasteiger partial charge in [0.15, 0.2) is 6.54 Å². The van der Waals surface area contributed by atoms with Crippen LogP contribution in [0.5, 0.6) is 0 Å². The molecule has 0 amide bonds. The summed E-state index contributed by atoms with van der Waals surface area (Å²) < 4.78 is 70.6. The zero-order chi connectivity index (χ0) is 27.8. The van der Waals surface area contributed by atoms with Crippen LogP contribution in [-0.2, 0) is 31.2 Å². The zero-order valence-electron chi connectivity index (χ0n) is 20.4. The molecule has 2 heterocycles. The van der Waals surface area contributed by atoms with Gasteiger partial charge in [0.2, 0.25) is 5.52 Å². The van der Waals surface area contributed by atoms with E-state index < -0.39 is 20.5 Å². The van der Waals surface area contributed by atoms with Gasteiger partial charge in [0, 0.05) is 22.9 Å². The minimum Gasteiger partial charge on any atom is -0.335 e. The molecule has 0 saturated heterocycles. The number of anilines is 1. The predicted octanol–water partition coefficient (Wildman–Crippen LogP) is 5.39. The second kappa shape index (κ2) is 11.3. The van der Waals surface area contributed by atoms with Gasteiger partial charge in [0.25, 0.3) is 15.1 Å². The van der Waals surface area contributed by atoms with Crippen LogP contribution in [0.1, 0.15) is 17.8 Å². The SMILES string of the molecule is O=S(=O)(O)CCC[n+]1c(C=C2Sc3ccc(Cl)cc3N2CCCOS(=O)(=O)O)sc2ccc3ccccc3c21. The van der Waals surface area contributed by atoms with E-state index in [4.69, 9.17) is 16.2 Å². The van der Waals surface area contributed by atoms with E-state index in [0.717, 1.165) is 41.6 Å². The Labute approximate surface area is 239 Å². The second-order valence-corrected chi connectivity index (χ2v) is 14.0. The number of aryl methyl sites for hydroxylation is 1. The first-order valence-corrected chi connectivity index (χ1v) is 16.8. The van der Waals surface area contributed by atoms with Crippen molar-refractivity contribution in [2.75, 3.05) is 23.8 Å². The Morgan fingerprint density at radius 3 is 2.59 bits per heavy atom. The molecule has 0 unspecified atom stereocenters. The number of thiazole rings is 1. The van der Waals surface area contributed by atoms with Gasteiger partial charge in [-0.2, -0.15) is 21.4 Å². The fourth-order valence-corrected chi connectivity index (χ4v) is 7.82. The first-order valence-electron chi connectivity index (χ1n) is 11.9. The number of hydrogen-bond donors (Lipinski definition) is 2. The summed E-state index contributed by atoms with van der Waals surface area (Å²) in [6.45, 7) is 0.588. The third-order valence-corrected chi connectivity index (χ3v) is 9.81. The average Bonchev–Trinajstić information content (AvgIpc) is 3.38. The van der Waals surface area contributed by atoms with Crippen LogP contribution >= 0.6 is 34.7 Å². The molecule has 0 bridgehead atoms. The Kier molecular flexibility index (Phi) is 8.23. The molecular formula is C25H24ClN2O7S4+. The van der Waals surface area contributed by atoms with Crippen molar-refractivity contribution in [1.82, 2.24) is 0 Å². The molecule has 14 heteroatoms. The van der Waals surface area contributed by atoms with Crippen LogP contribution in [0.4, 0.5) is 5.69 Å². The number of nitrogens with zero attached hydrogens (tertiary/aromatic N) is 2. The Hall–Kier alpha value is -2.23. The van der Waals surface area contributed by atoms with E-state index in [2.05, 4.69) is 14.8 Å². The van der Waals surface area contributed by atoms with Crippen molar-refractivity contribution in [2.45, 2.75) is 24.3 Å². The summed E-state index contributed by atoms with van der Waals surface area (Å²) >= 11 is 9.39. The van der Waals surface area contributed by atoms with Crippen LogP contribution in [0.2, 0.25) is 5.02 Å². The van der Waals surface area contributed by atoms with Crippen LogP contribution in [0.25, 0.3) is 27.1 Å². The maximum Gasteiger partial charge on any atom is 0.397 e. The van der Waals surface area contributed by atoms with E-state index in [1.165, 1.54) is 11.8 Å². The fourth-order valence-electron chi connectivity index (χ4n) is 4.51. The summed E-state index contributed by atoms with van der Waals surface area (Å²) in [5, 5.41) is 4.42.